The summed E-state index contributed by atoms with van der Waals surface area (Å²) in [5, 5.41) is 8.94. The molecule has 0 aromatic carbocycles. The first-order valence-electron chi connectivity index (χ1n) is 7.71. The van der Waals surface area contributed by atoms with Crippen molar-refractivity contribution in [2.75, 3.05) is 32.7 Å². The van der Waals surface area contributed by atoms with Gasteiger partial charge in [-0.15, -0.1) is 0 Å². The first kappa shape index (κ1) is 17.0. The Morgan fingerprint density at radius 2 is 1.60 bits per heavy atom. The van der Waals surface area contributed by atoms with Gasteiger partial charge in [0.1, 0.15) is 0 Å². The fraction of sp³-hybridized carbons (Fsp3) is 0.867. The summed E-state index contributed by atoms with van der Waals surface area (Å²) < 4.78 is 0. The van der Waals surface area contributed by atoms with Gasteiger partial charge in [0.2, 0.25) is 5.91 Å². The molecule has 1 aliphatic heterocycles. The molecule has 0 bridgehead atoms. The molecule has 1 N–H and O–H groups in total. The maximum absolute atomic E-state index is 12.3. The molecule has 1 rings (SSSR count). The van der Waals surface area contributed by atoms with E-state index < -0.39 is 5.97 Å². The minimum Gasteiger partial charge on any atom is -0.480 e. The van der Waals surface area contributed by atoms with Crippen molar-refractivity contribution in [3.63, 3.8) is 0 Å². The molecule has 116 valence electrons. The topological polar surface area (TPSA) is 60.9 Å². The fourth-order valence-electron chi connectivity index (χ4n) is 2.68. The van der Waals surface area contributed by atoms with Crippen LogP contribution in [0.3, 0.4) is 0 Å². The highest BCUT2D eigenvalue weighted by Crippen LogP contribution is 2.11. The average molecular weight is 284 g/mol. The van der Waals surface area contributed by atoms with Crippen molar-refractivity contribution < 1.29 is 14.7 Å². The Balaban J connectivity index is 2.51. The third-order valence-corrected chi connectivity index (χ3v) is 3.55. The van der Waals surface area contributed by atoms with Crippen molar-refractivity contribution >= 4 is 11.9 Å². The Morgan fingerprint density at radius 3 is 2.10 bits per heavy atom. The normalized spacial score (nSPS) is 17.1. The number of nitrogens with zero attached hydrogens (tertiary/aromatic N) is 2. The zero-order valence-electron chi connectivity index (χ0n) is 12.8. The summed E-state index contributed by atoms with van der Waals surface area (Å²) in [4.78, 5) is 26.9. The van der Waals surface area contributed by atoms with Crippen LogP contribution in [0.5, 0.6) is 0 Å². The Labute approximate surface area is 121 Å². The first-order valence-corrected chi connectivity index (χ1v) is 7.71. The van der Waals surface area contributed by atoms with Crippen LogP contribution in [0.1, 0.15) is 46.0 Å². The van der Waals surface area contributed by atoms with Crippen molar-refractivity contribution in [1.82, 2.24) is 9.80 Å². The van der Waals surface area contributed by atoms with Crippen LogP contribution in [0.15, 0.2) is 0 Å². The molecule has 5 nitrogen and oxygen atoms in total. The van der Waals surface area contributed by atoms with Crippen molar-refractivity contribution in [3.8, 4) is 0 Å². The van der Waals surface area contributed by atoms with Gasteiger partial charge in [0, 0.05) is 19.6 Å². The summed E-state index contributed by atoms with van der Waals surface area (Å²) in [5.41, 5.74) is 0. The zero-order valence-corrected chi connectivity index (χ0v) is 12.8. The molecule has 0 aromatic rings. The average Bonchev–Trinajstić information content (AvgIpc) is 2.25. The van der Waals surface area contributed by atoms with E-state index >= 15 is 0 Å². The molecule has 1 amide bonds. The SMILES string of the molecule is CC(C)CN(CC(=O)O)CC(=O)N1CCCCCCC1. The largest absolute Gasteiger partial charge is 0.480 e. The number of carboxylic acid groups (broad SMARTS) is 1. The number of carbonyl (C=O) groups is 2. The molecule has 0 unspecified atom stereocenters. The highest BCUT2D eigenvalue weighted by Gasteiger charge is 2.20. The standard InChI is InChI=1S/C15H28N2O3/c1-13(2)10-16(12-15(19)20)11-14(18)17-8-6-4-3-5-7-9-17/h13H,3-12H2,1-2H3,(H,19,20). The molecule has 20 heavy (non-hydrogen) atoms. The van der Waals surface area contributed by atoms with Crippen LogP contribution in [-0.2, 0) is 9.59 Å². The second-order valence-electron chi connectivity index (χ2n) is 6.11. The lowest BCUT2D eigenvalue weighted by Crippen LogP contribution is -2.44. The molecular formula is C15H28N2O3. The van der Waals surface area contributed by atoms with Crippen LogP contribution in [0.2, 0.25) is 0 Å². The van der Waals surface area contributed by atoms with E-state index in [-0.39, 0.29) is 19.0 Å². The summed E-state index contributed by atoms with van der Waals surface area (Å²) in [7, 11) is 0. The Hall–Kier alpha value is -1.10. The maximum atomic E-state index is 12.3. The summed E-state index contributed by atoms with van der Waals surface area (Å²) >= 11 is 0. The number of rotatable bonds is 6. The van der Waals surface area contributed by atoms with Gasteiger partial charge in [-0.05, 0) is 18.8 Å². The van der Waals surface area contributed by atoms with Gasteiger partial charge in [0.15, 0.2) is 0 Å². The lowest BCUT2D eigenvalue weighted by Gasteiger charge is -2.28. The minimum absolute atomic E-state index is 0.0578. The highest BCUT2D eigenvalue weighted by atomic mass is 16.4. The molecule has 1 heterocycles. The number of amides is 1. The molecule has 1 fully saturated rings. The molecular weight excluding hydrogens is 256 g/mol. The van der Waals surface area contributed by atoms with Gasteiger partial charge in [-0.25, -0.2) is 0 Å². The molecule has 0 atom stereocenters. The van der Waals surface area contributed by atoms with Gasteiger partial charge in [-0.3, -0.25) is 14.5 Å². The fourth-order valence-corrected chi connectivity index (χ4v) is 2.68. The first-order chi connectivity index (χ1) is 9.49. The maximum Gasteiger partial charge on any atom is 0.317 e. The van der Waals surface area contributed by atoms with E-state index in [4.69, 9.17) is 5.11 Å². The van der Waals surface area contributed by atoms with Gasteiger partial charge in [-0.2, -0.15) is 0 Å². The lowest BCUT2D eigenvalue weighted by atomic mass is 10.1. The second kappa shape index (κ2) is 8.95. The van der Waals surface area contributed by atoms with E-state index in [1.807, 2.05) is 18.7 Å². The monoisotopic (exact) mass is 284 g/mol. The van der Waals surface area contributed by atoms with E-state index in [9.17, 15) is 9.59 Å². The number of hydrogen-bond donors (Lipinski definition) is 1. The van der Waals surface area contributed by atoms with E-state index in [2.05, 4.69) is 0 Å². The molecule has 0 spiro atoms. The number of likely N-dealkylation sites (tertiary alicyclic amines) is 1. The Morgan fingerprint density at radius 1 is 1.05 bits per heavy atom. The van der Waals surface area contributed by atoms with E-state index in [1.54, 1.807) is 4.90 Å². The van der Waals surface area contributed by atoms with Gasteiger partial charge < -0.3 is 10.0 Å². The third-order valence-electron chi connectivity index (χ3n) is 3.55. The molecule has 1 saturated heterocycles. The zero-order chi connectivity index (χ0) is 15.0. The van der Waals surface area contributed by atoms with Gasteiger partial charge >= 0.3 is 5.97 Å². The lowest BCUT2D eigenvalue weighted by molar-refractivity contribution is -0.140. The number of carbonyl (C=O) groups excluding carboxylic acids is 1. The van der Waals surface area contributed by atoms with Crippen LogP contribution in [-0.4, -0.2) is 59.5 Å². The van der Waals surface area contributed by atoms with Crippen molar-refractivity contribution in [2.45, 2.75) is 46.0 Å². The van der Waals surface area contributed by atoms with Crippen molar-refractivity contribution in [2.24, 2.45) is 5.92 Å². The highest BCUT2D eigenvalue weighted by molar-refractivity contribution is 5.79. The van der Waals surface area contributed by atoms with Crippen LogP contribution in [0.4, 0.5) is 0 Å². The van der Waals surface area contributed by atoms with E-state index in [1.165, 1.54) is 19.3 Å². The van der Waals surface area contributed by atoms with Gasteiger partial charge in [0.25, 0.3) is 0 Å². The van der Waals surface area contributed by atoms with Crippen LogP contribution in [0, 0.1) is 5.92 Å². The Bertz CT molecular complexity index is 310. The molecule has 0 saturated carbocycles. The van der Waals surface area contributed by atoms with E-state index in [0.29, 0.717) is 12.5 Å². The molecule has 0 aromatic heterocycles. The van der Waals surface area contributed by atoms with Crippen molar-refractivity contribution in [1.29, 1.82) is 0 Å². The number of aliphatic carboxylic acids is 1. The van der Waals surface area contributed by atoms with Crippen LogP contribution >= 0.6 is 0 Å². The summed E-state index contributed by atoms with van der Waals surface area (Å²) in [6.45, 7) is 6.53. The summed E-state index contributed by atoms with van der Waals surface area (Å²) in [5.74, 6) is -0.436. The quantitative estimate of drug-likeness (QED) is 0.808. The van der Waals surface area contributed by atoms with Crippen molar-refractivity contribution in [3.05, 3.63) is 0 Å². The number of hydrogen-bond acceptors (Lipinski definition) is 3. The van der Waals surface area contributed by atoms with Gasteiger partial charge in [0.05, 0.1) is 13.1 Å². The predicted octanol–water partition coefficient (Wildman–Crippen LogP) is 1.82. The third kappa shape index (κ3) is 6.89. The van der Waals surface area contributed by atoms with Gasteiger partial charge in [-0.1, -0.05) is 33.1 Å². The predicted molar refractivity (Wildman–Crippen MR) is 78.6 cm³/mol. The number of carboxylic acids is 1. The molecule has 0 radical (unpaired) electrons. The summed E-state index contributed by atoms with van der Waals surface area (Å²) in [6.07, 6.45) is 5.77. The minimum atomic E-state index is -0.869. The van der Waals surface area contributed by atoms with Crippen LogP contribution < -0.4 is 0 Å². The van der Waals surface area contributed by atoms with Crippen LogP contribution in [0.25, 0.3) is 0 Å². The molecule has 5 heteroatoms. The molecule has 0 aliphatic carbocycles. The van der Waals surface area contributed by atoms with E-state index in [0.717, 1.165) is 25.9 Å². The second-order valence-corrected chi connectivity index (χ2v) is 6.11. The smallest absolute Gasteiger partial charge is 0.317 e. The molecule has 1 aliphatic rings. The summed E-state index contributed by atoms with van der Waals surface area (Å²) in [6, 6.07) is 0. The Kier molecular flexibility index (Phi) is 7.59.